The van der Waals surface area contributed by atoms with Crippen LogP contribution in [-0.2, 0) is 22.5 Å². The van der Waals surface area contributed by atoms with Crippen molar-refractivity contribution in [2.24, 2.45) is 0 Å². The number of hydrogen-bond donors (Lipinski definition) is 0. The fourth-order valence-electron chi connectivity index (χ4n) is 2.51. The van der Waals surface area contributed by atoms with Crippen LogP contribution >= 0.6 is 22.6 Å². The summed E-state index contributed by atoms with van der Waals surface area (Å²) in [6, 6.07) is 18.0. The minimum atomic E-state index is -0.332. The molecule has 0 N–H and O–H groups in total. The summed E-state index contributed by atoms with van der Waals surface area (Å²) in [4.78, 5) is 11.7. The van der Waals surface area contributed by atoms with Crippen LogP contribution in [-0.4, -0.2) is 27.6 Å². The Morgan fingerprint density at radius 2 is 1.89 bits per heavy atom. The van der Waals surface area contributed by atoms with E-state index in [1.807, 2.05) is 41.2 Å². The summed E-state index contributed by atoms with van der Waals surface area (Å²) in [7, 11) is 0. The van der Waals surface area contributed by atoms with Gasteiger partial charge in [-0.05, 0) is 64.8 Å². The first-order chi connectivity index (χ1) is 13.2. The Kier molecular flexibility index (Phi) is 7.15. The van der Waals surface area contributed by atoms with E-state index in [-0.39, 0.29) is 5.97 Å². The Bertz CT molecular complexity index is 889. The minimum Gasteiger partial charge on any atom is -0.463 e. The molecule has 0 amide bonds. The summed E-state index contributed by atoms with van der Waals surface area (Å²) in [5.41, 5.74) is 3.06. The molecule has 27 heavy (non-hydrogen) atoms. The third-order valence-electron chi connectivity index (χ3n) is 3.88. The third-order valence-corrected chi connectivity index (χ3v) is 4.60. The summed E-state index contributed by atoms with van der Waals surface area (Å²) in [5.74, 6) is -0.332. The maximum Gasteiger partial charge on any atom is 0.330 e. The van der Waals surface area contributed by atoms with Crippen molar-refractivity contribution in [2.75, 3.05) is 6.61 Å². The number of aryl methyl sites for hydroxylation is 1. The average molecular weight is 473 g/mol. The number of carbonyl (C=O) groups excluding carboxylic acids is 1. The van der Waals surface area contributed by atoms with Crippen LogP contribution in [0.5, 0.6) is 0 Å². The summed E-state index contributed by atoms with van der Waals surface area (Å²) < 4.78 is 8.26. The number of hydrogen-bond acceptors (Lipinski definition) is 4. The van der Waals surface area contributed by atoms with E-state index in [4.69, 9.17) is 4.74 Å². The predicted molar refractivity (Wildman–Crippen MR) is 113 cm³/mol. The van der Waals surface area contributed by atoms with E-state index in [2.05, 4.69) is 57.2 Å². The zero-order valence-electron chi connectivity index (χ0n) is 14.8. The number of ether oxygens (including phenoxy) is 1. The van der Waals surface area contributed by atoms with Gasteiger partial charge in [-0.2, -0.15) is 0 Å². The second kappa shape index (κ2) is 10.0. The fourth-order valence-corrected chi connectivity index (χ4v) is 2.87. The van der Waals surface area contributed by atoms with E-state index in [0.717, 1.165) is 17.7 Å². The van der Waals surface area contributed by atoms with Crippen LogP contribution in [0.25, 0.3) is 6.08 Å². The van der Waals surface area contributed by atoms with Crippen LogP contribution in [0.4, 0.5) is 0 Å². The van der Waals surface area contributed by atoms with Gasteiger partial charge in [-0.1, -0.05) is 47.7 Å². The van der Waals surface area contributed by atoms with Crippen molar-refractivity contribution < 1.29 is 9.53 Å². The van der Waals surface area contributed by atoms with Gasteiger partial charge in [0.15, 0.2) is 0 Å². The SMILES string of the molecule is O=C(/C=C/c1ccccc1)OCCCc1cn(Cc2ccc(I)cc2)nn1. The molecule has 0 aliphatic carbocycles. The summed E-state index contributed by atoms with van der Waals surface area (Å²) in [5, 5.41) is 8.34. The van der Waals surface area contributed by atoms with Gasteiger partial charge in [-0.25, -0.2) is 9.48 Å². The molecule has 0 spiro atoms. The van der Waals surface area contributed by atoms with Crippen molar-refractivity contribution in [2.45, 2.75) is 19.4 Å². The van der Waals surface area contributed by atoms with Crippen LogP contribution in [0.2, 0.25) is 0 Å². The summed E-state index contributed by atoms with van der Waals surface area (Å²) in [6.45, 7) is 1.06. The summed E-state index contributed by atoms with van der Waals surface area (Å²) in [6.07, 6.45) is 6.58. The van der Waals surface area contributed by atoms with Gasteiger partial charge in [0.05, 0.1) is 18.8 Å². The van der Waals surface area contributed by atoms with Crippen LogP contribution < -0.4 is 0 Å². The first kappa shape index (κ1) is 19.3. The lowest BCUT2D eigenvalue weighted by molar-refractivity contribution is -0.137. The number of aromatic nitrogens is 3. The Morgan fingerprint density at radius 1 is 1.11 bits per heavy atom. The number of benzene rings is 2. The fraction of sp³-hybridized carbons (Fsp3) is 0.190. The molecule has 0 saturated carbocycles. The minimum absolute atomic E-state index is 0.332. The molecule has 0 atom stereocenters. The lowest BCUT2D eigenvalue weighted by atomic mass is 10.2. The van der Waals surface area contributed by atoms with Crippen LogP contribution in [0, 0.1) is 3.57 Å². The molecule has 0 bridgehead atoms. The topological polar surface area (TPSA) is 57.0 Å². The first-order valence-electron chi connectivity index (χ1n) is 8.72. The number of halogens is 1. The first-order valence-corrected chi connectivity index (χ1v) is 9.80. The zero-order valence-corrected chi connectivity index (χ0v) is 17.0. The second-order valence-corrected chi connectivity index (χ2v) is 7.29. The molecule has 3 rings (SSSR count). The molecular weight excluding hydrogens is 453 g/mol. The maximum absolute atomic E-state index is 11.7. The lowest BCUT2D eigenvalue weighted by Gasteiger charge is -2.01. The molecule has 0 unspecified atom stereocenters. The maximum atomic E-state index is 11.7. The van der Waals surface area contributed by atoms with Gasteiger partial charge in [0.1, 0.15) is 0 Å². The molecule has 1 aromatic heterocycles. The van der Waals surface area contributed by atoms with Gasteiger partial charge in [0, 0.05) is 15.8 Å². The van der Waals surface area contributed by atoms with Crippen molar-refractivity contribution >= 4 is 34.6 Å². The van der Waals surface area contributed by atoms with Crippen molar-refractivity contribution in [3.05, 3.63) is 87.3 Å². The van der Waals surface area contributed by atoms with Gasteiger partial charge in [-0.3, -0.25) is 0 Å². The molecule has 2 aromatic carbocycles. The van der Waals surface area contributed by atoms with E-state index in [1.54, 1.807) is 6.08 Å². The van der Waals surface area contributed by atoms with Gasteiger partial charge in [0.25, 0.3) is 0 Å². The van der Waals surface area contributed by atoms with Crippen LogP contribution in [0.1, 0.15) is 23.2 Å². The van der Waals surface area contributed by atoms with Crippen molar-refractivity contribution in [1.29, 1.82) is 0 Å². The molecule has 3 aromatic rings. The van der Waals surface area contributed by atoms with Gasteiger partial charge >= 0.3 is 5.97 Å². The van der Waals surface area contributed by atoms with Crippen molar-refractivity contribution in [3.8, 4) is 0 Å². The Morgan fingerprint density at radius 3 is 2.67 bits per heavy atom. The smallest absolute Gasteiger partial charge is 0.330 e. The van der Waals surface area contributed by atoms with Gasteiger partial charge in [0.2, 0.25) is 0 Å². The number of esters is 1. The molecular formula is C21H20IN3O2. The Hall–Kier alpha value is -2.48. The highest BCUT2D eigenvalue weighted by atomic mass is 127. The zero-order chi connectivity index (χ0) is 18.9. The van der Waals surface area contributed by atoms with Crippen LogP contribution in [0.15, 0.2) is 66.9 Å². The van der Waals surface area contributed by atoms with Crippen LogP contribution in [0.3, 0.4) is 0 Å². The van der Waals surface area contributed by atoms with E-state index in [1.165, 1.54) is 15.2 Å². The molecule has 0 radical (unpaired) electrons. The third kappa shape index (κ3) is 6.63. The lowest BCUT2D eigenvalue weighted by Crippen LogP contribution is -2.03. The second-order valence-electron chi connectivity index (χ2n) is 6.05. The largest absolute Gasteiger partial charge is 0.463 e. The summed E-state index contributed by atoms with van der Waals surface area (Å²) >= 11 is 2.29. The molecule has 6 heteroatoms. The highest BCUT2D eigenvalue weighted by Crippen LogP contribution is 2.08. The van der Waals surface area contributed by atoms with Crippen molar-refractivity contribution in [1.82, 2.24) is 15.0 Å². The van der Waals surface area contributed by atoms with E-state index in [0.29, 0.717) is 19.6 Å². The highest BCUT2D eigenvalue weighted by Gasteiger charge is 2.03. The molecule has 1 heterocycles. The highest BCUT2D eigenvalue weighted by molar-refractivity contribution is 14.1. The predicted octanol–water partition coefficient (Wildman–Crippen LogP) is 4.12. The molecule has 5 nitrogen and oxygen atoms in total. The van der Waals surface area contributed by atoms with E-state index >= 15 is 0 Å². The Balaban J connectivity index is 1.38. The molecule has 0 aliphatic rings. The van der Waals surface area contributed by atoms with Crippen molar-refractivity contribution in [3.63, 3.8) is 0 Å². The quantitative estimate of drug-likeness (QED) is 0.214. The normalized spacial score (nSPS) is 11.0. The average Bonchev–Trinajstić information content (AvgIpc) is 3.13. The number of nitrogens with zero attached hydrogens (tertiary/aromatic N) is 3. The monoisotopic (exact) mass is 473 g/mol. The van der Waals surface area contributed by atoms with E-state index in [9.17, 15) is 4.79 Å². The molecule has 0 saturated heterocycles. The number of rotatable bonds is 8. The molecule has 138 valence electrons. The molecule has 0 fully saturated rings. The standard InChI is InChI=1S/C21H20IN3O2/c22-19-11-8-18(9-12-19)15-25-16-20(23-24-25)7-4-14-27-21(26)13-10-17-5-2-1-3-6-17/h1-3,5-6,8-13,16H,4,7,14-15H2/b13-10+. The Labute approximate surface area is 172 Å². The van der Waals surface area contributed by atoms with Gasteiger partial charge < -0.3 is 4.74 Å². The number of carbonyl (C=O) groups is 1. The van der Waals surface area contributed by atoms with E-state index < -0.39 is 0 Å². The van der Waals surface area contributed by atoms with Gasteiger partial charge in [-0.15, -0.1) is 5.10 Å². The molecule has 0 aliphatic heterocycles.